The van der Waals surface area contributed by atoms with Crippen molar-refractivity contribution in [1.82, 2.24) is 0 Å². The first-order valence-corrected chi connectivity index (χ1v) is 7.32. The molecule has 1 heterocycles. The molecule has 2 atom stereocenters. The fourth-order valence-corrected chi connectivity index (χ4v) is 3.53. The third-order valence-electron chi connectivity index (χ3n) is 3.89. The minimum absolute atomic E-state index is 0.0892. The first-order chi connectivity index (χ1) is 8.62. The maximum atomic E-state index is 14.0. The number of rotatable bonds is 2. The number of benzene rings is 1. The lowest BCUT2D eigenvalue weighted by atomic mass is 9.79. The van der Waals surface area contributed by atoms with Crippen LogP contribution in [0.1, 0.15) is 45.7 Å². The van der Waals surface area contributed by atoms with Crippen LogP contribution in [0.3, 0.4) is 0 Å². The molecule has 0 radical (unpaired) electrons. The number of hydrogen-bond acceptors (Lipinski definition) is 2. The summed E-state index contributed by atoms with van der Waals surface area (Å²) < 4.78 is 20.9. The second-order valence-electron chi connectivity index (χ2n) is 6.47. The highest BCUT2D eigenvalue weighted by Gasteiger charge is 2.48. The van der Waals surface area contributed by atoms with Gasteiger partial charge < -0.3 is 10.5 Å². The molecule has 0 aliphatic carbocycles. The molecular weight excluding hydrogens is 309 g/mol. The predicted molar refractivity (Wildman–Crippen MR) is 78.4 cm³/mol. The summed E-state index contributed by atoms with van der Waals surface area (Å²) in [6, 6.07) is 4.54. The fourth-order valence-electron chi connectivity index (χ4n) is 3.15. The molecule has 0 aromatic heterocycles. The first-order valence-electron chi connectivity index (χ1n) is 6.53. The molecule has 106 valence electrons. The Bertz CT molecular complexity index is 487. The maximum absolute atomic E-state index is 14.0. The van der Waals surface area contributed by atoms with E-state index in [1.54, 1.807) is 12.1 Å². The number of halogens is 2. The van der Waals surface area contributed by atoms with E-state index in [0.717, 1.165) is 10.9 Å². The molecule has 2 nitrogen and oxygen atoms in total. The lowest BCUT2D eigenvalue weighted by molar-refractivity contribution is -0.0768. The molecule has 1 fully saturated rings. The Morgan fingerprint density at radius 3 is 2.53 bits per heavy atom. The van der Waals surface area contributed by atoms with Crippen LogP contribution in [0.2, 0.25) is 0 Å². The molecule has 2 N–H and O–H groups in total. The van der Waals surface area contributed by atoms with Crippen LogP contribution in [-0.2, 0) is 4.74 Å². The molecule has 1 aromatic rings. The van der Waals surface area contributed by atoms with Crippen molar-refractivity contribution >= 4 is 15.9 Å². The zero-order valence-electron chi connectivity index (χ0n) is 11.8. The summed E-state index contributed by atoms with van der Waals surface area (Å²) >= 11 is 3.37. The van der Waals surface area contributed by atoms with Gasteiger partial charge in [0.1, 0.15) is 5.82 Å². The Labute approximate surface area is 122 Å². The van der Waals surface area contributed by atoms with Gasteiger partial charge in [-0.25, -0.2) is 4.39 Å². The Hall–Kier alpha value is -0.450. The van der Waals surface area contributed by atoms with E-state index in [9.17, 15) is 4.39 Å². The molecule has 0 saturated carbocycles. The normalized spacial score (nSPS) is 26.4. The molecule has 1 saturated heterocycles. The van der Waals surface area contributed by atoms with E-state index < -0.39 is 0 Å². The van der Waals surface area contributed by atoms with Gasteiger partial charge in [-0.1, -0.05) is 15.9 Å². The first kappa shape index (κ1) is 14.9. The minimum atomic E-state index is -0.366. The van der Waals surface area contributed by atoms with E-state index in [4.69, 9.17) is 10.5 Å². The van der Waals surface area contributed by atoms with Crippen molar-refractivity contribution in [2.75, 3.05) is 0 Å². The lowest BCUT2D eigenvalue weighted by Gasteiger charge is -2.31. The van der Waals surface area contributed by atoms with Gasteiger partial charge in [-0.3, -0.25) is 0 Å². The molecule has 0 amide bonds. The summed E-state index contributed by atoms with van der Waals surface area (Å²) in [4.78, 5) is 0. The molecule has 4 heteroatoms. The Morgan fingerprint density at radius 1 is 1.37 bits per heavy atom. The van der Waals surface area contributed by atoms with Gasteiger partial charge >= 0.3 is 0 Å². The molecule has 2 unspecified atom stereocenters. The largest absolute Gasteiger partial charge is 0.369 e. The highest BCUT2D eigenvalue weighted by atomic mass is 79.9. The summed E-state index contributed by atoms with van der Waals surface area (Å²) in [5, 5.41) is 0. The predicted octanol–water partition coefficient (Wildman–Crippen LogP) is 4.18. The summed E-state index contributed by atoms with van der Waals surface area (Å²) in [5.74, 6) is -0.164. The summed E-state index contributed by atoms with van der Waals surface area (Å²) in [5.41, 5.74) is 6.31. The lowest BCUT2D eigenvalue weighted by Crippen LogP contribution is -2.36. The van der Waals surface area contributed by atoms with Gasteiger partial charge in [-0.05, 0) is 52.3 Å². The summed E-state index contributed by atoms with van der Waals surface area (Å²) in [7, 11) is 0. The Kier molecular flexibility index (Phi) is 3.80. The van der Waals surface area contributed by atoms with Crippen molar-refractivity contribution in [3.8, 4) is 0 Å². The van der Waals surface area contributed by atoms with Gasteiger partial charge in [0.05, 0.1) is 11.2 Å². The van der Waals surface area contributed by atoms with Crippen molar-refractivity contribution in [3.63, 3.8) is 0 Å². The summed E-state index contributed by atoms with van der Waals surface area (Å²) in [6.07, 6.45) is 0.827. The van der Waals surface area contributed by atoms with Crippen LogP contribution in [-0.4, -0.2) is 11.2 Å². The van der Waals surface area contributed by atoms with E-state index in [1.807, 2.05) is 13.8 Å². The zero-order valence-corrected chi connectivity index (χ0v) is 13.4. The quantitative estimate of drug-likeness (QED) is 0.883. The third-order valence-corrected chi connectivity index (χ3v) is 4.39. The third kappa shape index (κ3) is 3.01. The molecule has 1 aliphatic heterocycles. The van der Waals surface area contributed by atoms with Crippen LogP contribution < -0.4 is 5.73 Å². The average Bonchev–Trinajstić information content (AvgIpc) is 2.49. The second kappa shape index (κ2) is 4.83. The van der Waals surface area contributed by atoms with Crippen LogP contribution in [0.4, 0.5) is 4.39 Å². The number of hydrogen-bond donors (Lipinski definition) is 1. The van der Waals surface area contributed by atoms with Crippen molar-refractivity contribution < 1.29 is 9.13 Å². The van der Waals surface area contributed by atoms with Crippen molar-refractivity contribution in [2.45, 2.75) is 51.4 Å². The SMILES string of the molecule is CC1(C)CC(C(N)c2cc(Br)ccc2F)C(C)(C)O1. The second-order valence-corrected chi connectivity index (χ2v) is 7.38. The molecule has 2 rings (SSSR count). The van der Waals surface area contributed by atoms with Crippen LogP contribution in [0.5, 0.6) is 0 Å². The van der Waals surface area contributed by atoms with Crippen molar-refractivity contribution in [3.05, 3.63) is 34.1 Å². The van der Waals surface area contributed by atoms with Crippen LogP contribution in [0.15, 0.2) is 22.7 Å². The Morgan fingerprint density at radius 2 is 2.00 bits per heavy atom. The number of ether oxygens (including phenoxy) is 1. The van der Waals surface area contributed by atoms with E-state index in [1.165, 1.54) is 6.07 Å². The van der Waals surface area contributed by atoms with Gasteiger partial charge in [0, 0.05) is 22.0 Å². The molecule has 0 bridgehead atoms. The Balaban J connectivity index is 2.34. The van der Waals surface area contributed by atoms with E-state index in [0.29, 0.717) is 5.56 Å². The van der Waals surface area contributed by atoms with Crippen LogP contribution >= 0.6 is 15.9 Å². The zero-order chi connectivity index (χ0) is 14.4. The van der Waals surface area contributed by atoms with Gasteiger partial charge in [-0.15, -0.1) is 0 Å². The van der Waals surface area contributed by atoms with E-state index >= 15 is 0 Å². The van der Waals surface area contributed by atoms with E-state index in [2.05, 4.69) is 29.8 Å². The molecule has 0 spiro atoms. The topological polar surface area (TPSA) is 35.2 Å². The fraction of sp³-hybridized carbons (Fsp3) is 0.600. The van der Waals surface area contributed by atoms with Crippen LogP contribution in [0, 0.1) is 11.7 Å². The summed E-state index contributed by atoms with van der Waals surface area (Å²) in [6.45, 7) is 8.17. The standard InChI is InChI=1S/C15H21BrFNO/c1-14(2)8-11(15(3,4)19-14)13(18)10-7-9(16)5-6-12(10)17/h5-7,11,13H,8,18H2,1-4H3. The van der Waals surface area contributed by atoms with E-state index in [-0.39, 0.29) is 29.0 Å². The van der Waals surface area contributed by atoms with Gasteiger partial charge in [0.25, 0.3) is 0 Å². The molecule has 19 heavy (non-hydrogen) atoms. The number of nitrogens with two attached hydrogens (primary N) is 1. The van der Waals surface area contributed by atoms with Crippen molar-refractivity contribution in [1.29, 1.82) is 0 Å². The molecular formula is C15H21BrFNO. The molecule has 1 aromatic carbocycles. The van der Waals surface area contributed by atoms with Crippen molar-refractivity contribution in [2.24, 2.45) is 11.7 Å². The minimum Gasteiger partial charge on any atom is -0.369 e. The highest BCUT2D eigenvalue weighted by Crippen LogP contribution is 2.47. The monoisotopic (exact) mass is 329 g/mol. The van der Waals surface area contributed by atoms with Gasteiger partial charge in [0.2, 0.25) is 0 Å². The average molecular weight is 330 g/mol. The highest BCUT2D eigenvalue weighted by molar-refractivity contribution is 9.10. The van der Waals surface area contributed by atoms with Gasteiger partial charge in [-0.2, -0.15) is 0 Å². The van der Waals surface area contributed by atoms with Crippen LogP contribution in [0.25, 0.3) is 0 Å². The molecule has 1 aliphatic rings. The smallest absolute Gasteiger partial charge is 0.128 e. The van der Waals surface area contributed by atoms with Gasteiger partial charge in [0.15, 0.2) is 0 Å². The maximum Gasteiger partial charge on any atom is 0.128 e.